The largest absolute Gasteiger partial charge is 0.497 e. The van der Waals surface area contributed by atoms with E-state index < -0.39 is 6.04 Å². The van der Waals surface area contributed by atoms with Gasteiger partial charge < -0.3 is 19.1 Å². The highest BCUT2D eigenvalue weighted by molar-refractivity contribution is 6.05. The molecule has 0 bridgehead atoms. The van der Waals surface area contributed by atoms with Gasteiger partial charge in [0.25, 0.3) is 5.91 Å². The van der Waals surface area contributed by atoms with Crippen LogP contribution in [0.25, 0.3) is 0 Å². The molecule has 0 radical (unpaired) electrons. The van der Waals surface area contributed by atoms with Crippen LogP contribution in [-0.2, 0) is 14.3 Å². The van der Waals surface area contributed by atoms with E-state index in [1.807, 2.05) is 26.8 Å². The normalized spacial score (nSPS) is 15.4. The molecule has 0 saturated heterocycles. The Kier molecular flexibility index (Phi) is 9.26. The Morgan fingerprint density at radius 2 is 1.78 bits per heavy atom. The highest BCUT2D eigenvalue weighted by Gasteiger charge is 2.35. The van der Waals surface area contributed by atoms with Crippen molar-refractivity contribution in [2.24, 2.45) is 10.5 Å². The van der Waals surface area contributed by atoms with E-state index in [1.54, 1.807) is 45.6 Å². The maximum absolute atomic E-state index is 13.7. The molecule has 1 atom stereocenters. The number of methoxy groups -OCH3 is 3. The molecule has 3 rings (SSSR count). The number of hydrazone groups is 1. The van der Waals surface area contributed by atoms with Crippen molar-refractivity contribution < 1.29 is 28.2 Å². The number of nitrogens with zero attached hydrogens (tertiary/aromatic N) is 3. The lowest BCUT2D eigenvalue weighted by Gasteiger charge is -2.29. The van der Waals surface area contributed by atoms with Crippen LogP contribution in [0.3, 0.4) is 0 Å². The Hall–Kier alpha value is -3.46. The van der Waals surface area contributed by atoms with Crippen molar-refractivity contribution in [3.8, 4) is 11.5 Å². The fourth-order valence-electron chi connectivity index (χ4n) is 4.18. The van der Waals surface area contributed by atoms with E-state index in [9.17, 15) is 14.0 Å². The minimum atomic E-state index is -0.461. The Labute approximate surface area is 218 Å². The van der Waals surface area contributed by atoms with E-state index in [2.05, 4.69) is 5.10 Å². The molecule has 1 heterocycles. The van der Waals surface area contributed by atoms with Gasteiger partial charge in [0.05, 0.1) is 32.6 Å². The van der Waals surface area contributed by atoms with Gasteiger partial charge in [-0.1, -0.05) is 32.9 Å². The second-order valence-electron chi connectivity index (χ2n) is 10.2. The SMILES string of the molecule is COCCN(CC(=O)N1N=C(c2ccc(OC)cc2OC)C[C@H]1c1ccc(F)cc1)C(=O)CC(C)(C)C. The quantitative estimate of drug-likeness (QED) is 0.470. The average molecular weight is 514 g/mol. The van der Waals surface area contributed by atoms with E-state index in [0.717, 1.165) is 11.1 Å². The van der Waals surface area contributed by atoms with Crippen LogP contribution in [0.15, 0.2) is 47.6 Å². The second kappa shape index (κ2) is 12.2. The molecule has 8 nitrogen and oxygen atoms in total. The lowest BCUT2D eigenvalue weighted by atomic mass is 9.91. The summed E-state index contributed by atoms with van der Waals surface area (Å²) in [6, 6.07) is 11.0. The number of ether oxygens (including phenoxy) is 3. The van der Waals surface area contributed by atoms with Gasteiger partial charge in [-0.2, -0.15) is 5.10 Å². The fraction of sp³-hybridized carbons (Fsp3) is 0.464. The van der Waals surface area contributed by atoms with Crippen LogP contribution in [0.4, 0.5) is 4.39 Å². The van der Waals surface area contributed by atoms with E-state index in [4.69, 9.17) is 14.2 Å². The first-order valence-electron chi connectivity index (χ1n) is 12.2. The zero-order valence-corrected chi connectivity index (χ0v) is 22.4. The number of hydrogen-bond donors (Lipinski definition) is 0. The molecule has 37 heavy (non-hydrogen) atoms. The number of rotatable bonds is 10. The van der Waals surface area contributed by atoms with Gasteiger partial charge in [0.2, 0.25) is 5.91 Å². The molecule has 0 spiro atoms. The topological polar surface area (TPSA) is 80.7 Å². The Balaban J connectivity index is 1.95. The molecule has 9 heteroatoms. The van der Waals surface area contributed by atoms with Gasteiger partial charge in [-0.3, -0.25) is 9.59 Å². The standard InChI is InChI=1S/C28H36FN3O5/c1-28(2,3)17-26(33)31(13-14-35-4)18-27(34)32-24(19-7-9-20(29)10-8-19)16-23(30-32)22-12-11-21(36-5)15-25(22)37-6/h7-12,15,24H,13-14,16-18H2,1-6H3/t24-/m0/s1. The lowest BCUT2D eigenvalue weighted by Crippen LogP contribution is -2.43. The minimum Gasteiger partial charge on any atom is -0.497 e. The van der Waals surface area contributed by atoms with Crippen molar-refractivity contribution >= 4 is 17.5 Å². The predicted octanol–water partition coefficient (Wildman–Crippen LogP) is 4.43. The molecule has 0 saturated carbocycles. The van der Waals surface area contributed by atoms with E-state index in [0.29, 0.717) is 36.7 Å². The van der Waals surface area contributed by atoms with Crippen LogP contribution in [0.2, 0.25) is 0 Å². The molecule has 0 aromatic heterocycles. The minimum absolute atomic E-state index is 0.128. The molecule has 2 aromatic rings. The summed E-state index contributed by atoms with van der Waals surface area (Å²) in [5.74, 6) is 0.364. The highest BCUT2D eigenvalue weighted by Crippen LogP contribution is 2.36. The zero-order chi connectivity index (χ0) is 27.2. The zero-order valence-electron chi connectivity index (χ0n) is 22.4. The molecular weight excluding hydrogens is 477 g/mol. The van der Waals surface area contributed by atoms with Gasteiger partial charge in [-0.05, 0) is 35.2 Å². The molecule has 0 N–H and O–H groups in total. The Bertz CT molecular complexity index is 1130. The third-order valence-corrected chi connectivity index (χ3v) is 6.07. The van der Waals surface area contributed by atoms with Crippen molar-refractivity contribution in [1.82, 2.24) is 9.91 Å². The van der Waals surface area contributed by atoms with Gasteiger partial charge in [-0.25, -0.2) is 9.40 Å². The highest BCUT2D eigenvalue weighted by atomic mass is 19.1. The third kappa shape index (κ3) is 7.29. The van der Waals surface area contributed by atoms with Crippen LogP contribution in [0.5, 0.6) is 11.5 Å². The van der Waals surface area contributed by atoms with Gasteiger partial charge >= 0.3 is 0 Å². The van der Waals surface area contributed by atoms with Crippen molar-refractivity contribution in [2.45, 2.75) is 39.7 Å². The van der Waals surface area contributed by atoms with Crippen molar-refractivity contribution in [3.63, 3.8) is 0 Å². The van der Waals surface area contributed by atoms with Crippen molar-refractivity contribution in [1.29, 1.82) is 0 Å². The van der Waals surface area contributed by atoms with Crippen LogP contribution in [-0.4, -0.2) is 68.5 Å². The molecule has 2 aromatic carbocycles. The van der Waals surface area contributed by atoms with Crippen molar-refractivity contribution in [2.75, 3.05) is 41.0 Å². The van der Waals surface area contributed by atoms with Crippen LogP contribution >= 0.6 is 0 Å². The van der Waals surface area contributed by atoms with Gasteiger partial charge in [-0.15, -0.1) is 0 Å². The van der Waals surface area contributed by atoms with Crippen LogP contribution < -0.4 is 9.47 Å². The Morgan fingerprint density at radius 1 is 1.08 bits per heavy atom. The lowest BCUT2D eigenvalue weighted by molar-refractivity contribution is -0.143. The number of benzene rings is 2. The summed E-state index contributed by atoms with van der Waals surface area (Å²) in [4.78, 5) is 28.2. The summed E-state index contributed by atoms with van der Waals surface area (Å²) in [5, 5.41) is 6.09. The summed E-state index contributed by atoms with van der Waals surface area (Å²) in [6.45, 7) is 6.38. The van der Waals surface area contributed by atoms with Gasteiger partial charge in [0, 0.05) is 38.1 Å². The summed E-state index contributed by atoms with van der Waals surface area (Å²) < 4.78 is 29.7. The van der Waals surface area contributed by atoms with E-state index in [1.165, 1.54) is 22.0 Å². The average Bonchev–Trinajstić information content (AvgIpc) is 3.30. The van der Waals surface area contributed by atoms with Crippen LogP contribution in [0, 0.1) is 11.2 Å². The fourth-order valence-corrected chi connectivity index (χ4v) is 4.18. The molecule has 2 amide bonds. The van der Waals surface area contributed by atoms with Gasteiger partial charge in [0.1, 0.15) is 23.9 Å². The summed E-state index contributed by atoms with van der Waals surface area (Å²) in [5.41, 5.74) is 1.88. The smallest absolute Gasteiger partial charge is 0.262 e. The Morgan fingerprint density at radius 3 is 2.38 bits per heavy atom. The predicted molar refractivity (Wildman–Crippen MR) is 139 cm³/mol. The summed E-state index contributed by atoms with van der Waals surface area (Å²) in [6.07, 6.45) is 0.691. The van der Waals surface area contributed by atoms with Crippen molar-refractivity contribution in [3.05, 3.63) is 59.4 Å². The number of hydrogen-bond acceptors (Lipinski definition) is 6. The maximum atomic E-state index is 13.7. The first-order chi connectivity index (χ1) is 17.6. The van der Waals surface area contributed by atoms with Gasteiger partial charge in [0.15, 0.2) is 0 Å². The molecular formula is C28H36FN3O5. The molecule has 200 valence electrons. The molecule has 1 aliphatic heterocycles. The van der Waals surface area contributed by atoms with E-state index >= 15 is 0 Å². The maximum Gasteiger partial charge on any atom is 0.262 e. The number of carbonyl (C=O) groups excluding carboxylic acids is 2. The summed E-state index contributed by atoms with van der Waals surface area (Å²) in [7, 11) is 4.68. The second-order valence-corrected chi connectivity index (χ2v) is 10.2. The van der Waals surface area contributed by atoms with E-state index in [-0.39, 0.29) is 36.1 Å². The first kappa shape index (κ1) is 28.1. The monoisotopic (exact) mass is 513 g/mol. The summed E-state index contributed by atoms with van der Waals surface area (Å²) >= 11 is 0. The first-order valence-corrected chi connectivity index (χ1v) is 12.2. The third-order valence-electron chi connectivity index (χ3n) is 6.07. The number of carbonyl (C=O) groups is 2. The molecule has 0 unspecified atom stereocenters. The number of halogens is 1. The molecule has 0 aliphatic carbocycles. The number of amides is 2. The molecule has 0 fully saturated rings. The molecule has 1 aliphatic rings. The van der Waals surface area contributed by atoms with Crippen LogP contribution in [0.1, 0.15) is 50.8 Å².